The van der Waals surface area contributed by atoms with Gasteiger partial charge in [-0.05, 0) is 63.4 Å². The number of aryl methyl sites for hydroxylation is 3. The van der Waals surface area contributed by atoms with Crippen LogP contribution in [0.5, 0.6) is 0 Å². The number of benzene rings is 2. The summed E-state index contributed by atoms with van der Waals surface area (Å²) in [6.07, 6.45) is 0. The van der Waals surface area contributed by atoms with Crippen LogP contribution in [0.15, 0.2) is 36.4 Å². The summed E-state index contributed by atoms with van der Waals surface area (Å²) in [5.41, 5.74) is 6.32. The molecule has 0 aromatic heterocycles. The van der Waals surface area contributed by atoms with E-state index in [-0.39, 0.29) is 0 Å². The third-order valence-electron chi connectivity index (χ3n) is 4.62. The molecule has 1 unspecified atom stereocenters. The fourth-order valence-corrected chi connectivity index (χ4v) is 5.31. The molecule has 6 heteroatoms. The molecule has 0 amide bonds. The minimum absolute atomic E-state index is 0.317. The van der Waals surface area contributed by atoms with Crippen LogP contribution in [0.3, 0.4) is 0 Å². The molecule has 0 bridgehead atoms. The summed E-state index contributed by atoms with van der Waals surface area (Å²) in [4.78, 5) is 2.03. The molecule has 0 spiro atoms. The van der Waals surface area contributed by atoms with Crippen LogP contribution in [0.2, 0.25) is 0 Å². The van der Waals surface area contributed by atoms with Crippen LogP contribution in [0.25, 0.3) is 0 Å². The molecule has 28 heavy (non-hydrogen) atoms. The second-order valence-corrected chi connectivity index (χ2v) is 9.29. The topological polar surface area (TPSA) is 50.8 Å². The van der Waals surface area contributed by atoms with Gasteiger partial charge in [-0.15, -0.1) is 0 Å². The van der Waals surface area contributed by atoms with Crippen molar-refractivity contribution in [2.75, 3.05) is 37.5 Å². The van der Waals surface area contributed by atoms with Crippen molar-refractivity contribution >= 4 is 19.0 Å². The van der Waals surface area contributed by atoms with E-state index in [1.807, 2.05) is 57.1 Å². The van der Waals surface area contributed by atoms with Gasteiger partial charge in [-0.2, -0.15) is 0 Å². The summed E-state index contributed by atoms with van der Waals surface area (Å²) in [5.74, 6) is -0.594. The van der Waals surface area contributed by atoms with Gasteiger partial charge >= 0.3 is 7.60 Å². The lowest BCUT2D eigenvalue weighted by Crippen LogP contribution is -2.17. The van der Waals surface area contributed by atoms with Gasteiger partial charge in [0.25, 0.3) is 0 Å². The number of nitrogens with one attached hydrogen (secondary N) is 1. The first kappa shape index (κ1) is 22.5. The average molecular weight is 404 g/mol. The average Bonchev–Trinajstić information content (AvgIpc) is 2.61. The van der Waals surface area contributed by atoms with E-state index in [1.54, 1.807) is 0 Å². The first-order valence-electron chi connectivity index (χ1n) is 9.72. The fraction of sp³-hybridized carbons (Fsp3) is 0.455. The van der Waals surface area contributed by atoms with Gasteiger partial charge in [0, 0.05) is 25.5 Å². The maximum absolute atomic E-state index is 13.7. The Morgan fingerprint density at radius 1 is 0.964 bits per heavy atom. The Hall–Kier alpha value is -1.81. The van der Waals surface area contributed by atoms with Crippen molar-refractivity contribution < 1.29 is 13.6 Å². The predicted molar refractivity (Wildman–Crippen MR) is 119 cm³/mol. The highest BCUT2D eigenvalue weighted by Gasteiger charge is 2.37. The van der Waals surface area contributed by atoms with Crippen LogP contribution in [0.1, 0.15) is 41.9 Å². The van der Waals surface area contributed by atoms with E-state index in [4.69, 9.17) is 9.05 Å². The number of anilines is 2. The van der Waals surface area contributed by atoms with Crippen LogP contribution >= 0.6 is 7.60 Å². The van der Waals surface area contributed by atoms with Gasteiger partial charge in [-0.1, -0.05) is 29.8 Å². The SMILES string of the molecule is CCOP(=O)(OCC)C(Nc1c(C)cc(C)cc1C)c1ccc(N(C)C)cc1. The Kier molecular flexibility index (Phi) is 7.70. The molecule has 5 nitrogen and oxygen atoms in total. The zero-order chi connectivity index (χ0) is 20.9. The molecule has 0 fully saturated rings. The van der Waals surface area contributed by atoms with Gasteiger partial charge in [0.1, 0.15) is 0 Å². The van der Waals surface area contributed by atoms with Crippen LogP contribution in [-0.2, 0) is 13.6 Å². The molecule has 0 aliphatic heterocycles. The molecule has 0 aliphatic rings. The van der Waals surface area contributed by atoms with Gasteiger partial charge in [0.05, 0.1) is 13.2 Å². The quantitative estimate of drug-likeness (QED) is 0.515. The van der Waals surface area contributed by atoms with Crippen LogP contribution in [0.4, 0.5) is 11.4 Å². The zero-order valence-corrected chi connectivity index (χ0v) is 19.0. The van der Waals surface area contributed by atoms with E-state index in [0.717, 1.165) is 28.1 Å². The van der Waals surface area contributed by atoms with E-state index in [2.05, 4.69) is 38.2 Å². The number of hydrogen-bond donors (Lipinski definition) is 1. The molecule has 0 radical (unpaired) electrons. The van der Waals surface area contributed by atoms with Crippen molar-refractivity contribution in [1.82, 2.24) is 0 Å². The molecule has 0 aliphatic carbocycles. The first-order chi connectivity index (χ1) is 13.2. The molecule has 0 saturated carbocycles. The van der Waals surface area contributed by atoms with Crippen molar-refractivity contribution in [2.24, 2.45) is 0 Å². The van der Waals surface area contributed by atoms with E-state index >= 15 is 0 Å². The Labute approximate surface area is 169 Å². The highest BCUT2D eigenvalue weighted by molar-refractivity contribution is 7.54. The summed E-state index contributed by atoms with van der Waals surface area (Å²) in [6, 6.07) is 12.2. The molecule has 0 saturated heterocycles. The minimum atomic E-state index is -3.43. The van der Waals surface area contributed by atoms with E-state index in [0.29, 0.717) is 13.2 Å². The predicted octanol–water partition coefficient (Wildman–Crippen LogP) is 6.05. The van der Waals surface area contributed by atoms with Gasteiger partial charge in [0.2, 0.25) is 0 Å². The maximum Gasteiger partial charge on any atom is 0.357 e. The highest BCUT2D eigenvalue weighted by atomic mass is 31.2. The van der Waals surface area contributed by atoms with Gasteiger partial charge in [-0.3, -0.25) is 4.57 Å². The van der Waals surface area contributed by atoms with Crippen LogP contribution < -0.4 is 10.2 Å². The third-order valence-corrected chi connectivity index (χ3v) is 6.91. The van der Waals surface area contributed by atoms with Gasteiger partial charge in [0.15, 0.2) is 5.78 Å². The largest absolute Gasteiger partial charge is 0.378 e. The van der Waals surface area contributed by atoms with E-state index < -0.39 is 13.4 Å². The van der Waals surface area contributed by atoms with Crippen molar-refractivity contribution in [1.29, 1.82) is 0 Å². The van der Waals surface area contributed by atoms with Crippen molar-refractivity contribution in [3.63, 3.8) is 0 Å². The fourth-order valence-electron chi connectivity index (χ4n) is 3.39. The van der Waals surface area contributed by atoms with Gasteiger partial charge < -0.3 is 19.3 Å². The molecule has 1 N–H and O–H groups in total. The minimum Gasteiger partial charge on any atom is -0.378 e. The Balaban J connectivity index is 2.54. The molecule has 0 heterocycles. The first-order valence-corrected chi connectivity index (χ1v) is 11.3. The summed E-state index contributed by atoms with van der Waals surface area (Å²) < 4.78 is 25.1. The van der Waals surface area contributed by atoms with Crippen molar-refractivity contribution in [2.45, 2.75) is 40.4 Å². The highest BCUT2D eigenvalue weighted by Crippen LogP contribution is 2.61. The van der Waals surface area contributed by atoms with Crippen LogP contribution in [-0.4, -0.2) is 27.3 Å². The number of hydrogen-bond acceptors (Lipinski definition) is 5. The van der Waals surface area contributed by atoms with Crippen molar-refractivity contribution in [3.8, 4) is 0 Å². The summed E-state index contributed by atoms with van der Waals surface area (Å²) in [6.45, 7) is 10.5. The lowest BCUT2D eigenvalue weighted by molar-refractivity contribution is 0.214. The molecular weight excluding hydrogens is 371 g/mol. The monoisotopic (exact) mass is 404 g/mol. The normalized spacial score (nSPS) is 12.7. The smallest absolute Gasteiger partial charge is 0.357 e. The lowest BCUT2D eigenvalue weighted by Gasteiger charge is -2.30. The Morgan fingerprint density at radius 3 is 1.89 bits per heavy atom. The second-order valence-electron chi connectivity index (χ2n) is 7.18. The molecule has 154 valence electrons. The summed E-state index contributed by atoms with van der Waals surface area (Å²) >= 11 is 0. The Bertz CT molecular complexity index is 801. The van der Waals surface area contributed by atoms with Gasteiger partial charge in [-0.25, -0.2) is 0 Å². The molecular formula is C22H33N2O3P. The van der Waals surface area contributed by atoms with Crippen LogP contribution in [0, 0.1) is 20.8 Å². The van der Waals surface area contributed by atoms with E-state index in [1.165, 1.54) is 5.56 Å². The second kappa shape index (κ2) is 9.60. The maximum atomic E-state index is 13.7. The summed E-state index contributed by atoms with van der Waals surface area (Å²) in [5, 5.41) is 3.49. The number of nitrogens with zero attached hydrogens (tertiary/aromatic N) is 1. The lowest BCUT2D eigenvalue weighted by atomic mass is 10.0. The molecule has 2 rings (SSSR count). The third kappa shape index (κ3) is 5.16. The summed E-state index contributed by atoms with van der Waals surface area (Å²) in [7, 11) is 0.558. The molecule has 2 aromatic rings. The number of rotatable bonds is 9. The molecule has 1 atom stereocenters. The van der Waals surface area contributed by atoms with Crippen molar-refractivity contribution in [3.05, 3.63) is 58.7 Å². The van der Waals surface area contributed by atoms with E-state index in [9.17, 15) is 4.57 Å². The Morgan fingerprint density at radius 2 is 1.46 bits per heavy atom. The zero-order valence-electron chi connectivity index (χ0n) is 18.1. The standard InChI is InChI=1S/C22H33N2O3P/c1-8-26-28(25,27-9-2)22(19-10-12-20(13-11-19)24(6)7)23-21-17(4)14-16(3)15-18(21)5/h10-15,22-23H,8-9H2,1-7H3. The molecule has 2 aromatic carbocycles.